The molecule has 1 aromatic carbocycles. The molecule has 0 aliphatic rings. The van der Waals surface area contributed by atoms with Crippen LogP contribution in [0.3, 0.4) is 0 Å². The second-order valence-corrected chi connectivity index (χ2v) is 4.78. The molecule has 0 spiro atoms. The van der Waals surface area contributed by atoms with Crippen LogP contribution >= 0.6 is 0 Å². The topological polar surface area (TPSA) is 26.3 Å². The first-order valence-electron chi connectivity index (χ1n) is 6.20. The van der Waals surface area contributed by atoms with Crippen molar-refractivity contribution in [1.29, 1.82) is 0 Å². The molecule has 0 heterocycles. The van der Waals surface area contributed by atoms with Crippen molar-refractivity contribution in [2.75, 3.05) is 7.11 Å². The molecule has 0 aliphatic heterocycles. The Labute approximate surface area is 104 Å². The van der Waals surface area contributed by atoms with Crippen molar-refractivity contribution >= 4 is 5.78 Å². The van der Waals surface area contributed by atoms with Gasteiger partial charge in [0.05, 0.1) is 6.10 Å². The summed E-state index contributed by atoms with van der Waals surface area (Å²) in [7, 11) is 1.67. The van der Waals surface area contributed by atoms with Crippen LogP contribution in [0.25, 0.3) is 0 Å². The number of carbonyl (C=O) groups is 1. The monoisotopic (exact) mass is 234 g/mol. The summed E-state index contributed by atoms with van der Waals surface area (Å²) in [6.45, 7) is 6.28. The third kappa shape index (κ3) is 4.31. The first kappa shape index (κ1) is 13.9. The molecule has 1 aromatic rings. The van der Waals surface area contributed by atoms with Gasteiger partial charge in [-0.05, 0) is 24.8 Å². The van der Waals surface area contributed by atoms with E-state index in [0.717, 1.165) is 12.0 Å². The highest BCUT2D eigenvalue weighted by molar-refractivity contribution is 5.96. The summed E-state index contributed by atoms with van der Waals surface area (Å²) in [6, 6.07) is 7.93. The lowest BCUT2D eigenvalue weighted by Crippen LogP contribution is -2.08. The van der Waals surface area contributed by atoms with Crippen molar-refractivity contribution < 1.29 is 9.53 Å². The van der Waals surface area contributed by atoms with Crippen LogP contribution in [0.15, 0.2) is 24.3 Å². The Kier molecular flexibility index (Phi) is 5.36. The summed E-state index contributed by atoms with van der Waals surface area (Å²) in [4.78, 5) is 11.9. The van der Waals surface area contributed by atoms with E-state index in [1.807, 2.05) is 31.2 Å². The van der Waals surface area contributed by atoms with Gasteiger partial charge >= 0.3 is 0 Å². The number of benzene rings is 1. The number of ether oxygens (including phenoxy) is 1. The van der Waals surface area contributed by atoms with E-state index in [-0.39, 0.29) is 11.9 Å². The van der Waals surface area contributed by atoms with Crippen LogP contribution in [0.5, 0.6) is 0 Å². The highest BCUT2D eigenvalue weighted by Gasteiger charge is 2.09. The van der Waals surface area contributed by atoms with Crippen LogP contribution < -0.4 is 0 Å². The average Bonchev–Trinajstić information content (AvgIpc) is 2.35. The molecule has 1 unspecified atom stereocenters. The molecule has 1 atom stereocenters. The van der Waals surface area contributed by atoms with E-state index in [2.05, 4.69) is 13.8 Å². The van der Waals surface area contributed by atoms with Gasteiger partial charge in [-0.15, -0.1) is 0 Å². The normalized spacial score (nSPS) is 12.8. The van der Waals surface area contributed by atoms with Crippen LogP contribution in [0.2, 0.25) is 0 Å². The molecule has 0 amide bonds. The molecule has 2 nitrogen and oxygen atoms in total. The van der Waals surface area contributed by atoms with Crippen LogP contribution in [0.4, 0.5) is 0 Å². The van der Waals surface area contributed by atoms with E-state index < -0.39 is 0 Å². The zero-order valence-corrected chi connectivity index (χ0v) is 11.2. The first-order chi connectivity index (χ1) is 8.04. The Morgan fingerprint density at radius 3 is 2.24 bits per heavy atom. The highest BCUT2D eigenvalue weighted by atomic mass is 16.5. The molecule has 1 rings (SSSR count). The molecular formula is C15H22O2. The lowest BCUT2D eigenvalue weighted by atomic mass is 9.99. The minimum Gasteiger partial charge on any atom is -0.382 e. The molecule has 0 N–H and O–H groups in total. The van der Waals surface area contributed by atoms with Gasteiger partial charge in [-0.3, -0.25) is 4.79 Å². The largest absolute Gasteiger partial charge is 0.382 e. The van der Waals surface area contributed by atoms with Crippen molar-refractivity contribution in [3.63, 3.8) is 0 Å². The van der Waals surface area contributed by atoms with Crippen molar-refractivity contribution in [2.24, 2.45) is 0 Å². The minimum atomic E-state index is 0.147. The van der Waals surface area contributed by atoms with Gasteiger partial charge in [0, 0.05) is 19.1 Å². The predicted molar refractivity (Wildman–Crippen MR) is 70.6 cm³/mol. The fourth-order valence-corrected chi connectivity index (χ4v) is 1.65. The second-order valence-electron chi connectivity index (χ2n) is 4.78. The van der Waals surface area contributed by atoms with Crippen molar-refractivity contribution in [2.45, 2.75) is 45.6 Å². The van der Waals surface area contributed by atoms with Crippen LogP contribution in [-0.2, 0) is 4.74 Å². The summed E-state index contributed by atoms with van der Waals surface area (Å²) >= 11 is 0. The highest BCUT2D eigenvalue weighted by Crippen LogP contribution is 2.16. The van der Waals surface area contributed by atoms with Gasteiger partial charge in [-0.1, -0.05) is 38.1 Å². The molecular weight excluding hydrogens is 212 g/mol. The number of ketones is 1. The molecule has 0 saturated heterocycles. The summed E-state index contributed by atoms with van der Waals surface area (Å²) < 4.78 is 5.13. The van der Waals surface area contributed by atoms with E-state index in [9.17, 15) is 4.79 Å². The van der Waals surface area contributed by atoms with Gasteiger partial charge in [-0.2, -0.15) is 0 Å². The summed E-state index contributed by atoms with van der Waals surface area (Å²) in [5, 5.41) is 0. The number of hydrogen-bond donors (Lipinski definition) is 0. The lowest BCUT2D eigenvalue weighted by molar-refractivity contribution is 0.0878. The maximum absolute atomic E-state index is 11.9. The Morgan fingerprint density at radius 1 is 1.18 bits per heavy atom. The van der Waals surface area contributed by atoms with Crippen LogP contribution in [0, 0.1) is 0 Å². The zero-order valence-electron chi connectivity index (χ0n) is 11.2. The average molecular weight is 234 g/mol. The number of rotatable bonds is 6. The van der Waals surface area contributed by atoms with Gasteiger partial charge in [0.25, 0.3) is 0 Å². The third-order valence-corrected chi connectivity index (χ3v) is 3.08. The molecule has 0 fully saturated rings. The number of carbonyl (C=O) groups excluding carboxylic acids is 1. The Balaban J connectivity index is 2.58. The van der Waals surface area contributed by atoms with Gasteiger partial charge in [0.2, 0.25) is 0 Å². The standard InChI is InChI=1S/C15H22O2/c1-11(2)13-6-8-14(9-7-13)15(16)10-5-12(3)17-4/h6-9,11-12H,5,10H2,1-4H3. The SMILES string of the molecule is COC(C)CCC(=O)c1ccc(C(C)C)cc1. The van der Waals surface area contributed by atoms with Crippen LogP contribution in [0.1, 0.15) is 55.5 Å². The molecule has 0 bridgehead atoms. The molecule has 17 heavy (non-hydrogen) atoms. The van der Waals surface area contributed by atoms with E-state index >= 15 is 0 Å². The Hall–Kier alpha value is -1.15. The molecule has 0 saturated carbocycles. The van der Waals surface area contributed by atoms with E-state index in [4.69, 9.17) is 4.74 Å². The Morgan fingerprint density at radius 2 is 1.76 bits per heavy atom. The van der Waals surface area contributed by atoms with E-state index in [1.165, 1.54) is 5.56 Å². The van der Waals surface area contributed by atoms with Crippen molar-refractivity contribution in [1.82, 2.24) is 0 Å². The lowest BCUT2D eigenvalue weighted by Gasteiger charge is -2.09. The molecule has 0 aromatic heterocycles. The quantitative estimate of drug-likeness (QED) is 0.700. The summed E-state index contributed by atoms with van der Waals surface area (Å²) in [5.41, 5.74) is 2.07. The van der Waals surface area contributed by atoms with Gasteiger partial charge < -0.3 is 4.74 Å². The molecule has 0 radical (unpaired) electrons. The Bertz CT molecular complexity index is 352. The minimum absolute atomic E-state index is 0.147. The fourth-order valence-electron chi connectivity index (χ4n) is 1.65. The van der Waals surface area contributed by atoms with Gasteiger partial charge in [0.1, 0.15) is 0 Å². The third-order valence-electron chi connectivity index (χ3n) is 3.08. The molecule has 94 valence electrons. The van der Waals surface area contributed by atoms with Crippen molar-refractivity contribution in [3.05, 3.63) is 35.4 Å². The summed E-state index contributed by atoms with van der Waals surface area (Å²) in [6.07, 6.45) is 1.48. The van der Waals surface area contributed by atoms with E-state index in [1.54, 1.807) is 7.11 Å². The molecule has 0 aliphatic carbocycles. The van der Waals surface area contributed by atoms with Crippen molar-refractivity contribution in [3.8, 4) is 0 Å². The number of methoxy groups -OCH3 is 1. The number of Topliss-reactive ketones (excluding diaryl/α,β-unsaturated/α-hetero) is 1. The maximum atomic E-state index is 11.9. The smallest absolute Gasteiger partial charge is 0.162 e. The van der Waals surface area contributed by atoms with E-state index in [0.29, 0.717) is 12.3 Å². The second kappa shape index (κ2) is 6.55. The van der Waals surface area contributed by atoms with Crippen LogP contribution in [-0.4, -0.2) is 19.0 Å². The molecule has 2 heteroatoms. The first-order valence-corrected chi connectivity index (χ1v) is 6.20. The maximum Gasteiger partial charge on any atom is 0.162 e. The fraction of sp³-hybridized carbons (Fsp3) is 0.533. The van der Waals surface area contributed by atoms with Gasteiger partial charge in [-0.25, -0.2) is 0 Å². The summed E-state index contributed by atoms with van der Waals surface area (Å²) in [5.74, 6) is 0.705. The predicted octanol–water partition coefficient (Wildman–Crippen LogP) is 3.81. The van der Waals surface area contributed by atoms with Gasteiger partial charge in [0.15, 0.2) is 5.78 Å². The number of hydrogen-bond acceptors (Lipinski definition) is 2. The zero-order chi connectivity index (χ0) is 12.8.